The van der Waals surface area contributed by atoms with Crippen molar-refractivity contribution in [3.8, 4) is 0 Å². The number of aromatic nitrogens is 2. The zero-order chi connectivity index (χ0) is 19.6. The topological polar surface area (TPSA) is 97.9 Å². The van der Waals surface area contributed by atoms with Crippen LogP contribution in [-0.4, -0.2) is 21.1 Å². The summed E-state index contributed by atoms with van der Waals surface area (Å²) in [7, 11) is 0. The molecule has 0 aliphatic heterocycles. The number of aryl methyl sites for hydroxylation is 2. The second-order valence-electron chi connectivity index (χ2n) is 6.47. The molecular weight excluding hydrogens is 350 g/mol. The number of hydrogen-bond acceptors (Lipinski definition) is 5. The normalized spacial score (nSPS) is 11.0. The van der Waals surface area contributed by atoms with Crippen molar-refractivity contribution >= 4 is 23.4 Å². The summed E-state index contributed by atoms with van der Waals surface area (Å²) < 4.78 is 1.24. The zero-order valence-corrected chi connectivity index (χ0v) is 16.7. The Kier molecular flexibility index (Phi) is 6.13. The molecule has 0 aliphatic carbocycles. The molecule has 0 unspecified atom stereocenters. The average Bonchev–Trinajstić information content (AvgIpc) is 2.56. The van der Waals surface area contributed by atoms with Crippen LogP contribution < -0.4 is 17.0 Å². The van der Waals surface area contributed by atoms with E-state index in [4.69, 9.17) is 5.73 Å². The van der Waals surface area contributed by atoms with Gasteiger partial charge < -0.3 is 5.73 Å². The molecule has 0 aliphatic rings. The van der Waals surface area contributed by atoms with Gasteiger partial charge in [-0.1, -0.05) is 13.0 Å². The number of anilines is 1. The predicted molar refractivity (Wildman–Crippen MR) is 106 cm³/mol. The molecule has 7 heteroatoms. The Balaban J connectivity index is 2.37. The maximum absolute atomic E-state index is 12.7. The number of ketones is 1. The van der Waals surface area contributed by atoms with Crippen molar-refractivity contribution in [3.05, 3.63) is 54.7 Å². The zero-order valence-electron chi connectivity index (χ0n) is 15.9. The van der Waals surface area contributed by atoms with E-state index in [9.17, 15) is 14.4 Å². The number of hydrogen-bond donors (Lipinski definition) is 2. The number of H-pyrrole nitrogens is 1. The van der Waals surface area contributed by atoms with Gasteiger partial charge in [-0.3, -0.25) is 19.1 Å². The van der Waals surface area contributed by atoms with Crippen molar-refractivity contribution < 1.29 is 4.79 Å². The molecule has 0 saturated heterocycles. The molecule has 1 aromatic heterocycles. The summed E-state index contributed by atoms with van der Waals surface area (Å²) in [6, 6.07) is 2.12. The minimum Gasteiger partial charge on any atom is -0.384 e. The fourth-order valence-electron chi connectivity index (χ4n) is 2.91. The molecule has 0 radical (unpaired) electrons. The molecule has 1 aromatic carbocycles. The van der Waals surface area contributed by atoms with E-state index in [2.05, 4.69) is 11.1 Å². The first-order valence-corrected chi connectivity index (χ1v) is 9.53. The number of aromatic amines is 1. The summed E-state index contributed by atoms with van der Waals surface area (Å²) in [5.74, 6) is -0.348. The Labute approximate surface area is 156 Å². The van der Waals surface area contributed by atoms with Gasteiger partial charge in [-0.25, -0.2) is 4.79 Å². The highest BCUT2D eigenvalue weighted by atomic mass is 32.2. The minimum absolute atomic E-state index is 0.0555. The third-order valence-electron chi connectivity index (χ3n) is 4.61. The fourth-order valence-corrected chi connectivity index (χ4v) is 4.08. The minimum atomic E-state index is -0.723. The van der Waals surface area contributed by atoms with E-state index in [1.807, 2.05) is 34.6 Å². The van der Waals surface area contributed by atoms with Crippen LogP contribution in [0, 0.1) is 27.7 Å². The highest BCUT2D eigenvalue weighted by Gasteiger charge is 2.20. The van der Waals surface area contributed by atoms with E-state index in [-0.39, 0.29) is 22.9 Å². The van der Waals surface area contributed by atoms with E-state index in [0.717, 1.165) is 27.1 Å². The molecule has 140 valence electrons. The first kappa shape index (κ1) is 20.0. The van der Waals surface area contributed by atoms with Crippen LogP contribution in [0.5, 0.6) is 0 Å². The van der Waals surface area contributed by atoms with Gasteiger partial charge in [0, 0.05) is 11.4 Å². The van der Waals surface area contributed by atoms with E-state index in [1.54, 1.807) is 0 Å². The van der Waals surface area contributed by atoms with Crippen LogP contribution in [0.4, 0.5) is 5.82 Å². The lowest BCUT2D eigenvalue weighted by molar-refractivity contribution is 0.102. The molecule has 0 bridgehead atoms. The molecule has 6 nitrogen and oxygen atoms in total. The van der Waals surface area contributed by atoms with Crippen molar-refractivity contribution in [2.75, 3.05) is 11.5 Å². The van der Waals surface area contributed by atoms with Gasteiger partial charge in [0.25, 0.3) is 5.56 Å². The molecule has 3 N–H and O–H groups in total. The van der Waals surface area contributed by atoms with E-state index in [1.165, 1.54) is 16.3 Å². The highest BCUT2D eigenvalue weighted by Crippen LogP contribution is 2.31. The molecule has 2 rings (SSSR count). The van der Waals surface area contributed by atoms with Crippen molar-refractivity contribution in [1.82, 2.24) is 9.55 Å². The van der Waals surface area contributed by atoms with Crippen LogP contribution in [0.3, 0.4) is 0 Å². The van der Waals surface area contributed by atoms with E-state index >= 15 is 0 Å². The molecular formula is C19H25N3O3S. The number of carbonyl (C=O) groups is 1. The second-order valence-corrected chi connectivity index (χ2v) is 7.46. The third kappa shape index (κ3) is 3.77. The van der Waals surface area contributed by atoms with Crippen LogP contribution in [0.25, 0.3) is 0 Å². The lowest BCUT2D eigenvalue weighted by Gasteiger charge is -2.15. The molecule has 0 fully saturated rings. The van der Waals surface area contributed by atoms with Gasteiger partial charge in [-0.05, 0) is 56.4 Å². The van der Waals surface area contributed by atoms with E-state index in [0.29, 0.717) is 13.0 Å². The van der Waals surface area contributed by atoms with Gasteiger partial charge in [0.2, 0.25) is 0 Å². The number of nitrogens with zero attached hydrogens (tertiary/aromatic N) is 1. The van der Waals surface area contributed by atoms with Gasteiger partial charge >= 0.3 is 5.69 Å². The number of nitrogen functional groups attached to an aromatic ring is 1. The monoisotopic (exact) mass is 375 g/mol. The lowest BCUT2D eigenvalue weighted by Crippen LogP contribution is -2.36. The Bertz CT molecular complexity index is 947. The first-order chi connectivity index (χ1) is 12.2. The van der Waals surface area contributed by atoms with Gasteiger partial charge in [-0.2, -0.15) is 0 Å². The predicted octanol–water partition coefficient (Wildman–Crippen LogP) is 2.74. The number of nitrogens with two attached hydrogens (primary N) is 1. The largest absolute Gasteiger partial charge is 0.384 e. The Morgan fingerprint density at radius 3 is 2.27 bits per heavy atom. The smallest absolute Gasteiger partial charge is 0.329 e. The number of rotatable bonds is 6. The SMILES string of the molecule is CCCn1c(N)c(C(=O)CSc2c(C)c(C)cc(C)c2C)c(=O)[nH]c1=O. The molecule has 0 amide bonds. The summed E-state index contributed by atoms with van der Waals surface area (Å²) in [6.07, 6.45) is 0.666. The summed E-state index contributed by atoms with van der Waals surface area (Å²) in [4.78, 5) is 39.9. The third-order valence-corrected chi connectivity index (χ3v) is 5.92. The Morgan fingerprint density at radius 2 is 1.73 bits per heavy atom. The van der Waals surface area contributed by atoms with Crippen LogP contribution >= 0.6 is 11.8 Å². The highest BCUT2D eigenvalue weighted by molar-refractivity contribution is 8.00. The molecule has 0 saturated carbocycles. The van der Waals surface area contributed by atoms with Gasteiger partial charge in [-0.15, -0.1) is 11.8 Å². The molecule has 0 spiro atoms. The average molecular weight is 375 g/mol. The maximum Gasteiger partial charge on any atom is 0.329 e. The van der Waals surface area contributed by atoms with Crippen LogP contribution in [0.2, 0.25) is 0 Å². The van der Waals surface area contributed by atoms with Crippen molar-refractivity contribution in [3.63, 3.8) is 0 Å². The lowest BCUT2D eigenvalue weighted by atomic mass is 10.0. The molecule has 2 aromatic rings. The Hall–Kier alpha value is -2.28. The number of carbonyl (C=O) groups excluding carboxylic acids is 1. The molecule has 1 heterocycles. The molecule has 26 heavy (non-hydrogen) atoms. The first-order valence-electron chi connectivity index (χ1n) is 8.55. The number of Topliss-reactive ketones (excluding diaryl/α,β-unsaturated/α-hetero) is 1. The summed E-state index contributed by atoms with van der Waals surface area (Å²) in [5.41, 5.74) is 9.11. The fraction of sp³-hybridized carbons (Fsp3) is 0.421. The van der Waals surface area contributed by atoms with Crippen LogP contribution in [0.1, 0.15) is 46.0 Å². The van der Waals surface area contributed by atoms with Gasteiger partial charge in [0.05, 0.1) is 5.75 Å². The summed E-state index contributed by atoms with van der Waals surface area (Å²) in [5, 5.41) is 0. The van der Waals surface area contributed by atoms with Crippen molar-refractivity contribution in [2.24, 2.45) is 0 Å². The number of benzene rings is 1. The maximum atomic E-state index is 12.7. The van der Waals surface area contributed by atoms with Crippen molar-refractivity contribution in [1.29, 1.82) is 0 Å². The summed E-state index contributed by atoms with van der Waals surface area (Å²) in [6.45, 7) is 10.4. The number of thioether (sulfide) groups is 1. The number of nitrogens with one attached hydrogen (secondary N) is 1. The van der Waals surface area contributed by atoms with Gasteiger partial charge in [0.15, 0.2) is 5.78 Å². The summed E-state index contributed by atoms with van der Waals surface area (Å²) >= 11 is 1.40. The Morgan fingerprint density at radius 1 is 1.15 bits per heavy atom. The second kappa shape index (κ2) is 7.95. The van der Waals surface area contributed by atoms with Crippen LogP contribution in [-0.2, 0) is 6.54 Å². The van der Waals surface area contributed by atoms with Crippen molar-refractivity contribution in [2.45, 2.75) is 52.5 Å². The quantitative estimate of drug-likeness (QED) is 0.597. The molecule has 0 atom stereocenters. The van der Waals surface area contributed by atoms with Crippen LogP contribution in [0.15, 0.2) is 20.6 Å². The van der Waals surface area contributed by atoms with Gasteiger partial charge in [0.1, 0.15) is 11.4 Å². The standard InChI is InChI=1S/C19H25N3O3S/c1-6-7-22-17(20)15(18(24)21-19(22)25)14(23)9-26-16-12(4)10(2)8-11(3)13(16)5/h8H,6-7,9,20H2,1-5H3,(H,21,24,25). The van der Waals surface area contributed by atoms with E-state index < -0.39 is 11.2 Å².